The summed E-state index contributed by atoms with van der Waals surface area (Å²) in [5.74, 6) is 4.79. The van der Waals surface area contributed by atoms with Gasteiger partial charge < -0.3 is 10.2 Å². The zero-order valence-corrected chi connectivity index (χ0v) is 19.0. The third-order valence-corrected chi connectivity index (χ3v) is 10.9. The smallest absolute Gasteiger partial charge is 0.0605 e. The van der Waals surface area contributed by atoms with E-state index in [1.165, 1.54) is 51.4 Å². The number of hydrogen-bond acceptors (Lipinski definition) is 2. The summed E-state index contributed by atoms with van der Waals surface area (Å²) < 4.78 is 0. The van der Waals surface area contributed by atoms with Crippen LogP contribution in [-0.4, -0.2) is 22.9 Å². The number of hydrogen-bond donors (Lipinski definition) is 2. The van der Waals surface area contributed by atoms with Crippen LogP contribution in [0.2, 0.25) is 0 Å². The quantitative estimate of drug-likeness (QED) is 0.600. The lowest BCUT2D eigenvalue weighted by molar-refractivity contribution is -0.194. The molecule has 0 radical (unpaired) electrons. The van der Waals surface area contributed by atoms with Crippen molar-refractivity contribution < 1.29 is 10.2 Å². The first-order chi connectivity index (χ1) is 13.4. The Labute approximate surface area is 173 Å². The first kappa shape index (κ1) is 21.2. The molecule has 0 heterocycles. The second-order valence-electron chi connectivity index (χ2n) is 11.8. The molecule has 0 aromatic carbocycles. The fourth-order valence-corrected chi connectivity index (χ4v) is 9.63. The van der Waals surface area contributed by atoms with Gasteiger partial charge in [0, 0.05) is 6.61 Å². The van der Waals surface area contributed by atoms with Gasteiger partial charge in [-0.1, -0.05) is 47.0 Å². The van der Waals surface area contributed by atoms with Gasteiger partial charge >= 0.3 is 0 Å². The van der Waals surface area contributed by atoms with Crippen molar-refractivity contribution in [2.24, 2.45) is 52.3 Å². The van der Waals surface area contributed by atoms with Crippen LogP contribution in [-0.2, 0) is 0 Å². The number of aliphatic hydroxyl groups is 2. The molecule has 2 heteroatoms. The highest BCUT2D eigenvalue weighted by Gasteiger charge is 2.64. The van der Waals surface area contributed by atoms with Crippen molar-refractivity contribution in [1.29, 1.82) is 0 Å². The van der Waals surface area contributed by atoms with Crippen LogP contribution in [0.5, 0.6) is 0 Å². The van der Waals surface area contributed by atoms with Gasteiger partial charge in [0.2, 0.25) is 0 Å². The van der Waals surface area contributed by atoms with E-state index in [9.17, 15) is 10.2 Å². The Hall–Kier alpha value is -0.0800. The molecule has 162 valence electrons. The topological polar surface area (TPSA) is 40.5 Å². The Kier molecular flexibility index (Phi) is 5.95. The van der Waals surface area contributed by atoms with Crippen LogP contribution >= 0.6 is 0 Å². The van der Waals surface area contributed by atoms with E-state index in [0.29, 0.717) is 35.2 Å². The lowest BCUT2D eigenvalue weighted by atomic mass is 9.41. The molecule has 0 aliphatic heterocycles. The van der Waals surface area contributed by atoms with Gasteiger partial charge in [-0.3, -0.25) is 0 Å². The number of rotatable bonds is 5. The lowest BCUT2D eigenvalue weighted by Gasteiger charge is -2.64. The van der Waals surface area contributed by atoms with Gasteiger partial charge in [0.1, 0.15) is 0 Å². The van der Waals surface area contributed by atoms with E-state index < -0.39 is 0 Å². The second kappa shape index (κ2) is 7.88. The highest BCUT2D eigenvalue weighted by atomic mass is 16.3. The largest absolute Gasteiger partial charge is 0.396 e. The third kappa shape index (κ3) is 3.03. The van der Waals surface area contributed by atoms with Gasteiger partial charge in [-0.05, 0) is 104 Å². The first-order valence-corrected chi connectivity index (χ1v) is 12.7. The molecule has 0 saturated heterocycles. The Morgan fingerprint density at radius 2 is 1.68 bits per heavy atom. The van der Waals surface area contributed by atoms with E-state index >= 15 is 0 Å². The maximum atomic E-state index is 11.7. The highest BCUT2D eigenvalue weighted by molar-refractivity contribution is 5.13. The van der Waals surface area contributed by atoms with Crippen LogP contribution in [0.25, 0.3) is 0 Å². The molecule has 10 atom stereocenters. The molecule has 4 rings (SSSR count). The maximum Gasteiger partial charge on any atom is 0.0605 e. The summed E-state index contributed by atoms with van der Waals surface area (Å²) in [6.07, 6.45) is 14.2. The first-order valence-electron chi connectivity index (χ1n) is 12.7. The van der Waals surface area contributed by atoms with Gasteiger partial charge in [-0.25, -0.2) is 0 Å². The van der Waals surface area contributed by atoms with Crippen molar-refractivity contribution in [2.75, 3.05) is 6.61 Å². The van der Waals surface area contributed by atoms with Crippen molar-refractivity contribution in [3.05, 3.63) is 0 Å². The Morgan fingerprint density at radius 3 is 2.39 bits per heavy atom. The SMILES string of the molecule is CC[C@H]1[C@@H](O)C2C3CC[C@H]([C@H](C)CCCO)[C@@]3(C)CCC2[C@@]2(C)CCCC[C@@H]12. The average molecular weight is 391 g/mol. The summed E-state index contributed by atoms with van der Waals surface area (Å²) in [4.78, 5) is 0. The van der Waals surface area contributed by atoms with E-state index in [0.717, 1.165) is 42.9 Å². The van der Waals surface area contributed by atoms with E-state index in [1.54, 1.807) is 0 Å². The van der Waals surface area contributed by atoms with E-state index in [1.807, 2.05) is 0 Å². The predicted octanol–water partition coefficient (Wildman–Crippen LogP) is 6.05. The van der Waals surface area contributed by atoms with Crippen molar-refractivity contribution in [1.82, 2.24) is 0 Å². The molecule has 4 saturated carbocycles. The minimum absolute atomic E-state index is 0.0673. The molecule has 0 aromatic heterocycles. The minimum atomic E-state index is -0.0673. The van der Waals surface area contributed by atoms with Crippen LogP contribution in [0.1, 0.15) is 98.3 Å². The fourth-order valence-electron chi connectivity index (χ4n) is 9.63. The molecule has 0 spiro atoms. The van der Waals surface area contributed by atoms with E-state index in [4.69, 9.17) is 0 Å². The standard InChI is InChI=1S/C26H46O2/c1-5-18-20-10-6-7-14-25(20,3)22-13-15-26(4)19(17(2)9-8-16-27)11-12-21(26)23(22)24(18)28/h17-24,27-28H,5-16H2,1-4H3/t17-,18-,19-,20+,21?,22?,23?,24-,25+,26-/m1/s1. The molecule has 4 aliphatic carbocycles. The number of fused-ring (bicyclic) bond motifs is 5. The Morgan fingerprint density at radius 1 is 0.929 bits per heavy atom. The molecule has 0 aromatic rings. The molecule has 0 bridgehead atoms. The molecule has 4 fully saturated rings. The zero-order valence-electron chi connectivity index (χ0n) is 19.0. The molecule has 28 heavy (non-hydrogen) atoms. The summed E-state index contributed by atoms with van der Waals surface area (Å²) in [7, 11) is 0. The van der Waals surface area contributed by atoms with Gasteiger partial charge in [-0.2, -0.15) is 0 Å². The summed E-state index contributed by atoms with van der Waals surface area (Å²) in [5.41, 5.74) is 0.887. The highest BCUT2D eigenvalue weighted by Crippen LogP contribution is 2.69. The summed E-state index contributed by atoms with van der Waals surface area (Å²) in [6, 6.07) is 0. The minimum Gasteiger partial charge on any atom is -0.396 e. The molecule has 4 aliphatic rings. The van der Waals surface area contributed by atoms with Crippen molar-refractivity contribution in [3.8, 4) is 0 Å². The zero-order chi connectivity index (χ0) is 20.1. The van der Waals surface area contributed by atoms with Crippen molar-refractivity contribution >= 4 is 0 Å². The van der Waals surface area contributed by atoms with Crippen LogP contribution < -0.4 is 0 Å². The monoisotopic (exact) mass is 390 g/mol. The average Bonchev–Trinajstić information content (AvgIpc) is 3.04. The van der Waals surface area contributed by atoms with Crippen LogP contribution in [0.15, 0.2) is 0 Å². The van der Waals surface area contributed by atoms with Gasteiger partial charge in [0.25, 0.3) is 0 Å². The maximum absolute atomic E-state index is 11.7. The van der Waals surface area contributed by atoms with Gasteiger partial charge in [0.15, 0.2) is 0 Å². The molecule has 2 nitrogen and oxygen atoms in total. The molecule has 3 unspecified atom stereocenters. The van der Waals surface area contributed by atoms with E-state index in [-0.39, 0.29) is 6.10 Å². The normalized spacial score (nSPS) is 51.9. The molecular weight excluding hydrogens is 344 g/mol. The summed E-state index contributed by atoms with van der Waals surface area (Å²) in [6.45, 7) is 10.3. The third-order valence-electron chi connectivity index (χ3n) is 10.9. The van der Waals surface area contributed by atoms with Crippen LogP contribution in [0, 0.1) is 52.3 Å². The Bertz CT molecular complexity index is 547. The molecular formula is C26H46O2. The van der Waals surface area contributed by atoms with Gasteiger partial charge in [0.05, 0.1) is 6.10 Å². The molecule has 2 N–H and O–H groups in total. The van der Waals surface area contributed by atoms with Crippen LogP contribution in [0.4, 0.5) is 0 Å². The van der Waals surface area contributed by atoms with Crippen LogP contribution in [0.3, 0.4) is 0 Å². The van der Waals surface area contributed by atoms with Crippen molar-refractivity contribution in [3.63, 3.8) is 0 Å². The summed E-state index contributed by atoms with van der Waals surface area (Å²) in [5, 5.41) is 21.0. The van der Waals surface area contributed by atoms with Gasteiger partial charge in [-0.15, -0.1) is 0 Å². The predicted molar refractivity (Wildman–Crippen MR) is 116 cm³/mol. The second-order valence-corrected chi connectivity index (χ2v) is 11.8. The fraction of sp³-hybridized carbons (Fsp3) is 1.00. The summed E-state index contributed by atoms with van der Waals surface area (Å²) >= 11 is 0. The molecule has 0 amide bonds. The Balaban J connectivity index is 1.63. The number of aliphatic hydroxyl groups excluding tert-OH is 2. The lowest BCUT2D eigenvalue weighted by Crippen LogP contribution is -2.61. The van der Waals surface area contributed by atoms with E-state index in [2.05, 4.69) is 27.7 Å². The van der Waals surface area contributed by atoms with Crippen molar-refractivity contribution in [2.45, 2.75) is 104 Å².